The first-order chi connectivity index (χ1) is 9.06. The SMILES string of the molecule is CC1CCC(C(=O)N(C)Cc2cccc(N)c2)CC1. The number of carbonyl (C=O) groups excluding carboxylic acids is 1. The van der Waals surface area contributed by atoms with E-state index in [2.05, 4.69) is 6.92 Å². The van der Waals surface area contributed by atoms with E-state index in [1.54, 1.807) is 0 Å². The third-order valence-electron chi connectivity index (χ3n) is 4.11. The Morgan fingerprint density at radius 3 is 2.63 bits per heavy atom. The second kappa shape index (κ2) is 6.09. The first-order valence-electron chi connectivity index (χ1n) is 7.15. The zero-order valence-corrected chi connectivity index (χ0v) is 11.9. The number of nitrogen functional groups attached to an aromatic ring is 1. The van der Waals surface area contributed by atoms with E-state index in [0.29, 0.717) is 6.54 Å². The maximum absolute atomic E-state index is 12.4. The van der Waals surface area contributed by atoms with Gasteiger partial charge in [-0.05, 0) is 49.3 Å². The average Bonchev–Trinajstić information content (AvgIpc) is 2.39. The van der Waals surface area contributed by atoms with Crippen LogP contribution in [-0.2, 0) is 11.3 Å². The third kappa shape index (κ3) is 3.72. The zero-order valence-electron chi connectivity index (χ0n) is 11.9. The average molecular weight is 260 g/mol. The second-order valence-corrected chi connectivity index (χ2v) is 5.90. The highest BCUT2D eigenvalue weighted by Gasteiger charge is 2.26. The number of anilines is 1. The minimum atomic E-state index is 0.224. The number of carbonyl (C=O) groups is 1. The third-order valence-corrected chi connectivity index (χ3v) is 4.11. The fourth-order valence-corrected chi connectivity index (χ4v) is 2.86. The molecule has 0 aliphatic heterocycles. The number of rotatable bonds is 3. The second-order valence-electron chi connectivity index (χ2n) is 5.90. The molecule has 1 saturated carbocycles. The highest BCUT2D eigenvalue weighted by atomic mass is 16.2. The Morgan fingerprint density at radius 1 is 1.32 bits per heavy atom. The first-order valence-corrected chi connectivity index (χ1v) is 7.15. The minimum Gasteiger partial charge on any atom is -0.399 e. The lowest BCUT2D eigenvalue weighted by atomic mass is 9.82. The molecule has 1 aliphatic rings. The van der Waals surface area contributed by atoms with Crippen molar-refractivity contribution in [3.8, 4) is 0 Å². The van der Waals surface area contributed by atoms with Gasteiger partial charge in [0.2, 0.25) is 5.91 Å². The normalized spacial score (nSPS) is 23.1. The van der Waals surface area contributed by atoms with Gasteiger partial charge >= 0.3 is 0 Å². The van der Waals surface area contributed by atoms with Crippen LogP contribution >= 0.6 is 0 Å². The van der Waals surface area contributed by atoms with Crippen LogP contribution in [0.3, 0.4) is 0 Å². The smallest absolute Gasteiger partial charge is 0.225 e. The molecule has 1 amide bonds. The fraction of sp³-hybridized carbons (Fsp3) is 0.562. The molecule has 0 saturated heterocycles. The summed E-state index contributed by atoms with van der Waals surface area (Å²) in [5, 5.41) is 0. The van der Waals surface area contributed by atoms with Crippen LogP contribution in [0.5, 0.6) is 0 Å². The Morgan fingerprint density at radius 2 is 2.00 bits per heavy atom. The molecule has 0 bridgehead atoms. The van der Waals surface area contributed by atoms with E-state index >= 15 is 0 Å². The summed E-state index contributed by atoms with van der Waals surface area (Å²) >= 11 is 0. The molecule has 0 spiro atoms. The van der Waals surface area contributed by atoms with Gasteiger partial charge in [-0.15, -0.1) is 0 Å². The van der Waals surface area contributed by atoms with E-state index in [1.807, 2.05) is 36.2 Å². The van der Waals surface area contributed by atoms with E-state index in [-0.39, 0.29) is 11.8 Å². The Labute approximate surface area is 115 Å². The molecule has 1 aromatic rings. The number of hydrogen-bond donors (Lipinski definition) is 1. The molecule has 0 aromatic heterocycles. The van der Waals surface area contributed by atoms with E-state index < -0.39 is 0 Å². The van der Waals surface area contributed by atoms with E-state index in [0.717, 1.165) is 30.0 Å². The van der Waals surface area contributed by atoms with Crippen molar-refractivity contribution < 1.29 is 4.79 Å². The summed E-state index contributed by atoms with van der Waals surface area (Å²) in [6.07, 6.45) is 4.45. The molecule has 3 nitrogen and oxygen atoms in total. The van der Waals surface area contributed by atoms with Crippen LogP contribution in [0.4, 0.5) is 5.69 Å². The van der Waals surface area contributed by atoms with Crippen molar-refractivity contribution >= 4 is 11.6 Å². The minimum absolute atomic E-state index is 0.224. The van der Waals surface area contributed by atoms with Crippen molar-refractivity contribution in [2.45, 2.75) is 39.2 Å². The van der Waals surface area contributed by atoms with Gasteiger partial charge < -0.3 is 10.6 Å². The summed E-state index contributed by atoms with van der Waals surface area (Å²) in [6, 6.07) is 7.76. The lowest BCUT2D eigenvalue weighted by molar-refractivity contribution is -0.136. The van der Waals surface area contributed by atoms with Crippen LogP contribution in [0.15, 0.2) is 24.3 Å². The van der Waals surface area contributed by atoms with E-state index in [1.165, 1.54) is 12.8 Å². The van der Waals surface area contributed by atoms with Crippen LogP contribution in [0.25, 0.3) is 0 Å². The van der Waals surface area contributed by atoms with Crippen LogP contribution in [0.2, 0.25) is 0 Å². The molecule has 0 heterocycles. The zero-order chi connectivity index (χ0) is 13.8. The summed E-state index contributed by atoms with van der Waals surface area (Å²) in [5.41, 5.74) is 7.62. The fourth-order valence-electron chi connectivity index (χ4n) is 2.86. The molecule has 1 aromatic carbocycles. The summed E-state index contributed by atoms with van der Waals surface area (Å²) in [5.74, 6) is 1.29. The van der Waals surface area contributed by atoms with Crippen molar-refractivity contribution in [3.05, 3.63) is 29.8 Å². The Hall–Kier alpha value is -1.51. The Bertz CT molecular complexity index is 436. The molecule has 104 valence electrons. The van der Waals surface area contributed by atoms with Gasteiger partial charge in [-0.3, -0.25) is 4.79 Å². The molecule has 2 rings (SSSR count). The monoisotopic (exact) mass is 260 g/mol. The molecule has 0 unspecified atom stereocenters. The molecule has 0 radical (unpaired) electrons. The lowest BCUT2D eigenvalue weighted by Crippen LogP contribution is -2.34. The van der Waals surface area contributed by atoms with Crippen LogP contribution in [0, 0.1) is 11.8 Å². The molecule has 2 N–H and O–H groups in total. The summed E-state index contributed by atoms with van der Waals surface area (Å²) in [7, 11) is 1.89. The van der Waals surface area contributed by atoms with Gasteiger partial charge in [0.15, 0.2) is 0 Å². The molecule has 3 heteroatoms. The van der Waals surface area contributed by atoms with Gasteiger partial charge in [-0.2, -0.15) is 0 Å². The van der Waals surface area contributed by atoms with Gasteiger partial charge in [-0.25, -0.2) is 0 Å². The predicted octanol–water partition coefficient (Wildman–Crippen LogP) is 3.05. The number of hydrogen-bond acceptors (Lipinski definition) is 2. The largest absolute Gasteiger partial charge is 0.399 e. The van der Waals surface area contributed by atoms with Crippen LogP contribution < -0.4 is 5.73 Å². The standard InChI is InChI=1S/C16H24N2O/c1-12-6-8-14(9-7-12)16(19)18(2)11-13-4-3-5-15(17)10-13/h3-5,10,12,14H,6-9,11,17H2,1-2H3. The van der Waals surface area contributed by atoms with Crippen molar-refractivity contribution in [3.63, 3.8) is 0 Å². The van der Waals surface area contributed by atoms with Crippen LogP contribution in [0.1, 0.15) is 38.2 Å². The number of benzene rings is 1. The molecular formula is C16H24N2O. The number of nitrogens with zero attached hydrogens (tertiary/aromatic N) is 1. The van der Waals surface area contributed by atoms with Crippen molar-refractivity contribution in [1.82, 2.24) is 4.90 Å². The summed E-state index contributed by atoms with van der Waals surface area (Å²) in [6.45, 7) is 2.92. The van der Waals surface area contributed by atoms with E-state index in [9.17, 15) is 4.79 Å². The Kier molecular flexibility index (Phi) is 4.46. The number of nitrogens with two attached hydrogens (primary N) is 1. The lowest BCUT2D eigenvalue weighted by Gasteiger charge is -2.29. The molecule has 1 aliphatic carbocycles. The highest BCUT2D eigenvalue weighted by Crippen LogP contribution is 2.29. The van der Waals surface area contributed by atoms with Gasteiger partial charge in [0.05, 0.1) is 0 Å². The first kappa shape index (κ1) is 13.9. The quantitative estimate of drug-likeness (QED) is 0.849. The molecule has 0 atom stereocenters. The molecular weight excluding hydrogens is 236 g/mol. The summed E-state index contributed by atoms with van der Waals surface area (Å²) in [4.78, 5) is 14.2. The highest BCUT2D eigenvalue weighted by molar-refractivity contribution is 5.78. The van der Waals surface area contributed by atoms with Crippen molar-refractivity contribution in [2.75, 3.05) is 12.8 Å². The van der Waals surface area contributed by atoms with Gasteiger partial charge in [0, 0.05) is 25.2 Å². The van der Waals surface area contributed by atoms with Gasteiger partial charge in [-0.1, -0.05) is 19.1 Å². The predicted molar refractivity (Wildman–Crippen MR) is 78.5 cm³/mol. The molecule has 19 heavy (non-hydrogen) atoms. The van der Waals surface area contributed by atoms with Crippen molar-refractivity contribution in [1.29, 1.82) is 0 Å². The Balaban J connectivity index is 1.92. The maximum Gasteiger partial charge on any atom is 0.225 e. The van der Waals surface area contributed by atoms with E-state index in [4.69, 9.17) is 5.73 Å². The topological polar surface area (TPSA) is 46.3 Å². The van der Waals surface area contributed by atoms with Gasteiger partial charge in [0.1, 0.15) is 0 Å². The molecule has 1 fully saturated rings. The van der Waals surface area contributed by atoms with Crippen LogP contribution in [-0.4, -0.2) is 17.9 Å². The number of amides is 1. The maximum atomic E-state index is 12.4. The van der Waals surface area contributed by atoms with Gasteiger partial charge in [0.25, 0.3) is 0 Å². The van der Waals surface area contributed by atoms with Crippen molar-refractivity contribution in [2.24, 2.45) is 11.8 Å². The summed E-state index contributed by atoms with van der Waals surface area (Å²) < 4.78 is 0.